The SMILES string of the molecule is CCOC(=O)c1sc(N2C(=O)C(=O)/C(=C(/O)c3ccc(OCc4ccccc4)cc3C)C2c2ccc(OC)c(OC)c2)nc1C. The van der Waals surface area contributed by atoms with Crippen molar-refractivity contribution in [3.05, 3.63) is 105 Å². The number of thiazole rings is 1. The number of carbonyl (C=O) groups excluding carboxylic acids is 3. The Morgan fingerprint density at radius 3 is 2.38 bits per heavy atom. The fraction of sp³-hybridized carbons (Fsp3) is 0.235. The lowest BCUT2D eigenvalue weighted by Crippen LogP contribution is -2.29. The van der Waals surface area contributed by atoms with Gasteiger partial charge >= 0.3 is 11.9 Å². The molecule has 45 heavy (non-hydrogen) atoms. The van der Waals surface area contributed by atoms with Gasteiger partial charge in [0.1, 0.15) is 23.0 Å². The van der Waals surface area contributed by atoms with Crippen molar-refractivity contribution in [2.45, 2.75) is 33.4 Å². The number of rotatable bonds is 10. The third-order valence-corrected chi connectivity index (χ3v) is 8.46. The minimum atomic E-state index is -1.10. The first-order chi connectivity index (χ1) is 21.7. The van der Waals surface area contributed by atoms with Crippen LogP contribution in [0.5, 0.6) is 17.2 Å². The van der Waals surface area contributed by atoms with E-state index in [1.807, 2.05) is 30.3 Å². The summed E-state index contributed by atoms with van der Waals surface area (Å²) in [5, 5.41) is 11.8. The van der Waals surface area contributed by atoms with Crippen molar-refractivity contribution in [3.8, 4) is 17.2 Å². The van der Waals surface area contributed by atoms with Crippen molar-refractivity contribution in [3.63, 3.8) is 0 Å². The number of benzene rings is 3. The zero-order valence-electron chi connectivity index (χ0n) is 25.5. The number of ether oxygens (including phenoxy) is 4. The second-order valence-electron chi connectivity index (χ2n) is 10.2. The number of anilines is 1. The fourth-order valence-corrected chi connectivity index (χ4v) is 6.10. The number of aliphatic hydroxyl groups is 1. The molecule has 0 aliphatic carbocycles. The predicted molar refractivity (Wildman–Crippen MR) is 169 cm³/mol. The zero-order valence-corrected chi connectivity index (χ0v) is 26.3. The molecule has 3 aromatic carbocycles. The summed E-state index contributed by atoms with van der Waals surface area (Å²) in [6, 6.07) is 18.7. The van der Waals surface area contributed by atoms with Crippen LogP contribution < -0.4 is 19.1 Å². The lowest BCUT2D eigenvalue weighted by atomic mass is 9.93. The van der Waals surface area contributed by atoms with Crippen LogP contribution in [0.15, 0.2) is 72.3 Å². The Labute approximate surface area is 264 Å². The van der Waals surface area contributed by atoms with Gasteiger partial charge in [-0.05, 0) is 67.8 Å². The smallest absolute Gasteiger partial charge is 0.350 e. The van der Waals surface area contributed by atoms with Crippen LogP contribution in [-0.4, -0.2) is 48.6 Å². The van der Waals surface area contributed by atoms with E-state index in [-0.39, 0.29) is 27.9 Å². The minimum Gasteiger partial charge on any atom is -0.507 e. The monoisotopic (exact) mass is 628 g/mol. The molecule has 1 unspecified atom stereocenters. The fourth-order valence-electron chi connectivity index (χ4n) is 5.12. The Balaban J connectivity index is 1.61. The topological polar surface area (TPSA) is 124 Å². The first-order valence-corrected chi connectivity index (χ1v) is 14.9. The summed E-state index contributed by atoms with van der Waals surface area (Å²) in [7, 11) is 2.97. The molecule has 0 spiro atoms. The molecule has 11 heteroatoms. The van der Waals surface area contributed by atoms with E-state index in [0.29, 0.717) is 46.2 Å². The van der Waals surface area contributed by atoms with Crippen LogP contribution in [0, 0.1) is 13.8 Å². The summed E-state index contributed by atoms with van der Waals surface area (Å²) < 4.78 is 22.0. The largest absolute Gasteiger partial charge is 0.507 e. The molecule has 1 aromatic heterocycles. The molecule has 1 aliphatic heterocycles. The van der Waals surface area contributed by atoms with Gasteiger partial charge in [0.2, 0.25) is 0 Å². The number of hydrogen-bond acceptors (Lipinski definition) is 10. The molecule has 232 valence electrons. The molecule has 1 fully saturated rings. The van der Waals surface area contributed by atoms with E-state index in [1.165, 1.54) is 19.1 Å². The van der Waals surface area contributed by atoms with Crippen LogP contribution in [-0.2, 0) is 20.9 Å². The second kappa shape index (κ2) is 13.2. The van der Waals surface area contributed by atoms with E-state index >= 15 is 0 Å². The molecule has 10 nitrogen and oxygen atoms in total. The average molecular weight is 629 g/mol. The number of esters is 1. The normalized spacial score (nSPS) is 15.7. The van der Waals surface area contributed by atoms with Crippen molar-refractivity contribution in [1.29, 1.82) is 0 Å². The van der Waals surface area contributed by atoms with Gasteiger partial charge in [0, 0.05) is 5.56 Å². The van der Waals surface area contributed by atoms with Crippen LogP contribution in [0.3, 0.4) is 0 Å². The van der Waals surface area contributed by atoms with Gasteiger partial charge in [-0.25, -0.2) is 9.78 Å². The molecule has 4 aromatic rings. The molecule has 0 bridgehead atoms. The minimum absolute atomic E-state index is 0.109. The summed E-state index contributed by atoms with van der Waals surface area (Å²) in [6.07, 6.45) is 0. The molecule has 0 radical (unpaired) electrons. The number of ketones is 1. The highest BCUT2D eigenvalue weighted by Crippen LogP contribution is 2.46. The van der Waals surface area contributed by atoms with E-state index in [9.17, 15) is 19.5 Å². The van der Waals surface area contributed by atoms with Crippen molar-refractivity contribution in [1.82, 2.24) is 4.98 Å². The molecular weight excluding hydrogens is 596 g/mol. The summed E-state index contributed by atoms with van der Waals surface area (Å²) >= 11 is 0.935. The number of Topliss-reactive ketones (excluding diaryl/α,β-unsaturated/α-hetero) is 1. The second-order valence-corrected chi connectivity index (χ2v) is 11.1. The number of methoxy groups -OCH3 is 2. The lowest BCUT2D eigenvalue weighted by molar-refractivity contribution is -0.132. The number of nitrogens with zero attached hydrogens (tertiary/aromatic N) is 2. The van der Waals surface area contributed by atoms with Crippen LogP contribution in [0.25, 0.3) is 5.76 Å². The van der Waals surface area contributed by atoms with Gasteiger partial charge in [0.15, 0.2) is 16.6 Å². The summed E-state index contributed by atoms with van der Waals surface area (Å²) in [4.78, 5) is 45.9. The van der Waals surface area contributed by atoms with E-state index in [0.717, 1.165) is 16.9 Å². The maximum atomic E-state index is 13.7. The number of hydrogen-bond donors (Lipinski definition) is 1. The van der Waals surface area contributed by atoms with Gasteiger partial charge in [-0.3, -0.25) is 14.5 Å². The Kier molecular flexibility index (Phi) is 9.19. The zero-order chi connectivity index (χ0) is 32.2. The average Bonchev–Trinajstić information content (AvgIpc) is 3.55. The third-order valence-electron chi connectivity index (χ3n) is 7.32. The summed E-state index contributed by atoms with van der Waals surface area (Å²) in [5.74, 6) is -1.36. The van der Waals surface area contributed by atoms with E-state index in [1.54, 1.807) is 57.2 Å². The maximum Gasteiger partial charge on any atom is 0.350 e. The molecule has 1 N–H and O–H groups in total. The third kappa shape index (κ3) is 6.12. The number of carbonyl (C=O) groups is 3. The lowest BCUT2D eigenvalue weighted by Gasteiger charge is -2.24. The van der Waals surface area contributed by atoms with E-state index < -0.39 is 23.7 Å². The van der Waals surface area contributed by atoms with Crippen molar-refractivity contribution < 1.29 is 38.4 Å². The van der Waals surface area contributed by atoms with Gasteiger partial charge in [-0.15, -0.1) is 0 Å². The molecule has 5 rings (SSSR count). The van der Waals surface area contributed by atoms with Gasteiger partial charge in [-0.2, -0.15) is 0 Å². The maximum absolute atomic E-state index is 13.7. The molecule has 2 heterocycles. The highest BCUT2D eigenvalue weighted by molar-refractivity contribution is 7.17. The van der Waals surface area contributed by atoms with Crippen molar-refractivity contribution >= 4 is 39.9 Å². The first-order valence-electron chi connectivity index (χ1n) is 14.1. The first kappa shape index (κ1) is 31.3. The number of aryl methyl sites for hydroxylation is 2. The van der Waals surface area contributed by atoms with E-state index in [4.69, 9.17) is 18.9 Å². The summed E-state index contributed by atoms with van der Waals surface area (Å²) in [6.45, 7) is 5.61. The van der Waals surface area contributed by atoms with Crippen molar-refractivity contribution in [2.24, 2.45) is 0 Å². The highest BCUT2D eigenvalue weighted by Gasteiger charge is 2.48. The number of amides is 1. The van der Waals surface area contributed by atoms with Crippen LogP contribution >= 0.6 is 11.3 Å². The van der Waals surface area contributed by atoms with Crippen molar-refractivity contribution in [2.75, 3.05) is 25.7 Å². The number of aliphatic hydroxyl groups excluding tert-OH is 1. The Hall–Kier alpha value is -5.16. The molecule has 0 saturated carbocycles. The van der Waals surface area contributed by atoms with Gasteiger partial charge in [0.25, 0.3) is 5.78 Å². The van der Waals surface area contributed by atoms with Gasteiger partial charge < -0.3 is 24.1 Å². The molecule has 1 aliphatic rings. The molecule has 1 saturated heterocycles. The molecular formula is C34H32N2O8S. The number of aromatic nitrogens is 1. The van der Waals surface area contributed by atoms with Crippen LogP contribution in [0.2, 0.25) is 0 Å². The Bertz CT molecular complexity index is 1800. The predicted octanol–water partition coefficient (Wildman–Crippen LogP) is 6.16. The van der Waals surface area contributed by atoms with Crippen LogP contribution in [0.4, 0.5) is 5.13 Å². The summed E-state index contributed by atoms with van der Waals surface area (Å²) in [5.41, 5.74) is 2.65. The highest BCUT2D eigenvalue weighted by atomic mass is 32.1. The van der Waals surface area contributed by atoms with E-state index in [2.05, 4.69) is 4.98 Å². The Morgan fingerprint density at radius 1 is 0.978 bits per heavy atom. The van der Waals surface area contributed by atoms with Crippen LogP contribution in [0.1, 0.15) is 50.6 Å². The Morgan fingerprint density at radius 2 is 1.71 bits per heavy atom. The quantitative estimate of drug-likeness (QED) is 0.0952. The molecule has 1 atom stereocenters. The molecule has 1 amide bonds. The van der Waals surface area contributed by atoms with Gasteiger partial charge in [-0.1, -0.05) is 47.7 Å². The van der Waals surface area contributed by atoms with Gasteiger partial charge in [0.05, 0.1) is 38.1 Å². The standard InChI is InChI=1S/C34H32N2O8S/c1-6-43-33(40)31-20(3)35-34(45-31)36-28(22-12-15-25(41-4)26(17-22)42-5)27(30(38)32(36)39)29(37)24-14-13-23(16-19(24)2)44-18-21-10-8-7-9-11-21/h7-17,28,37H,6,18H2,1-5H3/b29-27+.